The van der Waals surface area contributed by atoms with Gasteiger partial charge in [0, 0.05) is 10.7 Å². The number of carbonyl (C=O) groups excluding carboxylic acids is 2. The number of anilines is 1. The molecular weight excluding hydrogens is 465 g/mol. The molecule has 3 aromatic rings. The average molecular weight is 486 g/mol. The molecule has 7 nitrogen and oxygen atoms in total. The summed E-state index contributed by atoms with van der Waals surface area (Å²) in [5, 5.41) is 7.05. The lowest BCUT2D eigenvalue weighted by Crippen LogP contribution is -2.32. The second-order valence-electron chi connectivity index (χ2n) is 6.93. The second-order valence-corrected chi connectivity index (χ2v) is 7.74. The van der Waals surface area contributed by atoms with E-state index in [0.717, 1.165) is 11.1 Å². The number of aryl methyl sites for hydroxylation is 1. The number of halogens is 2. The summed E-state index contributed by atoms with van der Waals surface area (Å²) in [7, 11) is 1.49. The van der Waals surface area contributed by atoms with E-state index in [1.54, 1.807) is 30.3 Å². The Kier molecular flexibility index (Phi) is 8.29. The van der Waals surface area contributed by atoms with E-state index in [-0.39, 0.29) is 0 Å². The van der Waals surface area contributed by atoms with Crippen LogP contribution in [0, 0.1) is 6.92 Å². The monoisotopic (exact) mass is 485 g/mol. The molecule has 0 unspecified atom stereocenters. The van der Waals surface area contributed by atoms with Gasteiger partial charge < -0.3 is 14.8 Å². The predicted molar refractivity (Wildman–Crippen MR) is 129 cm³/mol. The van der Waals surface area contributed by atoms with Gasteiger partial charge in [-0.1, -0.05) is 59.6 Å². The van der Waals surface area contributed by atoms with Gasteiger partial charge in [-0.25, -0.2) is 5.43 Å². The first-order chi connectivity index (χ1) is 15.9. The zero-order valence-corrected chi connectivity index (χ0v) is 19.4. The first-order valence-electron chi connectivity index (χ1n) is 9.82. The summed E-state index contributed by atoms with van der Waals surface area (Å²) in [5.74, 6) is -1.03. The van der Waals surface area contributed by atoms with Crippen molar-refractivity contribution >= 4 is 46.9 Å². The molecule has 33 heavy (non-hydrogen) atoms. The minimum Gasteiger partial charge on any atom is -0.493 e. The minimum atomic E-state index is -0.941. The third kappa shape index (κ3) is 6.71. The van der Waals surface area contributed by atoms with Crippen LogP contribution in [0.15, 0.2) is 65.8 Å². The molecule has 0 aliphatic heterocycles. The van der Waals surface area contributed by atoms with E-state index < -0.39 is 11.8 Å². The van der Waals surface area contributed by atoms with Gasteiger partial charge in [-0.05, 0) is 47.9 Å². The molecule has 2 amide bonds. The van der Waals surface area contributed by atoms with Gasteiger partial charge in [0.25, 0.3) is 0 Å². The number of carbonyl (C=O) groups is 2. The van der Waals surface area contributed by atoms with Crippen LogP contribution in [0.5, 0.6) is 11.5 Å². The number of methoxy groups -OCH3 is 1. The van der Waals surface area contributed by atoms with Crippen LogP contribution in [0.4, 0.5) is 5.69 Å². The number of ether oxygens (including phenoxy) is 2. The molecule has 3 aromatic carbocycles. The largest absolute Gasteiger partial charge is 0.493 e. The van der Waals surface area contributed by atoms with Crippen molar-refractivity contribution in [3.8, 4) is 11.5 Å². The van der Waals surface area contributed by atoms with E-state index >= 15 is 0 Å². The van der Waals surface area contributed by atoms with Crippen molar-refractivity contribution in [2.24, 2.45) is 5.10 Å². The van der Waals surface area contributed by atoms with Gasteiger partial charge in [0.05, 0.1) is 18.3 Å². The van der Waals surface area contributed by atoms with Gasteiger partial charge >= 0.3 is 11.8 Å². The van der Waals surface area contributed by atoms with Crippen molar-refractivity contribution in [1.29, 1.82) is 0 Å². The van der Waals surface area contributed by atoms with Gasteiger partial charge in [0.2, 0.25) is 0 Å². The van der Waals surface area contributed by atoms with Gasteiger partial charge in [-0.3, -0.25) is 9.59 Å². The maximum Gasteiger partial charge on any atom is 0.329 e. The molecule has 0 aliphatic rings. The molecule has 2 N–H and O–H groups in total. The summed E-state index contributed by atoms with van der Waals surface area (Å²) in [6.45, 7) is 2.15. The molecule has 0 atom stereocenters. The summed E-state index contributed by atoms with van der Waals surface area (Å²) < 4.78 is 11.2. The lowest BCUT2D eigenvalue weighted by Gasteiger charge is -2.13. The highest BCUT2D eigenvalue weighted by Gasteiger charge is 2.14. The van der Waals surface area contributed by atoms with Crippen molar-refractivity contribution < 1.29 is 19.1 Å². The molecule has 9 heteroatoms. The Labute approximate surface area is 201 Å². The van der Waals surface area contributed by atoms with E-state index in [1.807, 2.05) is 37.3 Å². The number of amides is 2. The molecule has 0 saturated heterocycles. The zero-order valence-electron chi connectivity index (χ0n) is 17.9. The number of hydrogen-bond acceptors (Lipinski definition) is 5. The Balaban J connectivity index is 1.61. The van der Waals surface area contributed by atoms with E-state index in [0.29, 0.717) is 39.4 Å². The number of rotatable bonds is 7. The predicted octanol–water partition coefficient (Wildman–Crippen LogP) is 4.98. The molecule has 170 valence electrons. The summed E-state index contributed by atoms with van der Waals surface area (Å²) in [5.41, 5.74) is 4.94. The topological polar surface area (TPSA) is 89.0 Å². The van der Waals surface area contributed by atoms with Gasteiger partial charge in [-0.15, -0.1) is 0 Å². The van der Waals surface area contributed by atoms with Crippen LogP contribution < -0.4 is 20.2 Å². The fraction of sp³-hybridized carbons (Fsp3) is 0.125. The highest BCUT2D eigenvalue weighted by Crippen LogP contribution is 2.36. The summed E-state index contributed by atoms with van der Waals surface area (Å²) >= 11 is 12.4. The van der Waals surface area contributed by atoms with Crippen molar-refractivity contribution in [1.82, 2.24) is 5.43 Å². The van der Waals surface area contributed by atoms with Crippen LogP contribution in [-0.4, -0.2) is 25.1 Å². The van der Waals surface area contributed by atoms with Crippen LogP contribution in [-0.2, 0) is 16.2 Å². The van der Waals surface area contributed by atoms with Gasteiger partial charge in [0.1, 0.15) is 6.61 Å². The quantitative estimate of drug-likeness (QED) is 0.280. The van der Waals surface area contributed by atoms with Crippen LogP contribution in [0.1, 0.15) is 16.7 Å². The fourth-order valence-corrected chi connectivity index (χ4v) is 3.21. The highest BCUT2D eigenvalue weighted by atomic mass is 35.5. The SMILES string of the molecule is COc1cc(/C=N\NC(=O)C(=O)Nc2ccc(C)c(Cl)c2)cc(Cl)c1OCc1ccccc1. The fourth-order valence-electron chi connectivity index (χ4n) is 2.76. The molecule has 0 saturated carbocycles. The first kappa shape index (κ1) is 24.1. The number of nitrogens with zero attached hydrogens (tertiary/aromatic N) is 1. The molecule has 3 rings (SSSR count). The molecule has 0 heterocycles. The molecule has 0 spiro atoms. The number of benzene rings is 3. The Hall–Kier alpha value is -3.55. The summed E-state index contributed by atoms with van der Waals surface area (Å²) in [4.78, 5) is 24.1. The summed E-state index contributed by atoms with van der Waals surface area (Å²) in [6.07, 6.45) is 1.34. The van der Waals surface area contributed by atoms with Crippen molar-refractivity contribution in [2.75, 3.05) is 12.4 Å². The summed E-state index contributed by atoms with van der Waals surface area (Å²) in [6, 6.07) is 17.8. The smallest absolute Gasteiger partial charge is 0.329 e. The lowest BCUT2D eigenvalue weighted by atomic mass is 10.2. The van der Waals surface area contributed by atoms with Crippen molar-refractivity contribution in [3.63, 3.8) is 0 Å². The molecule has 0 bridgehead atoms. The van der Waals surface area contributed by atoms with E-state index in [4.69, 9.17) is 32.7 Å². The number of nitrogens with one attached hydrogen (secondary N) is 2. The zero-order chi connectivity index (χ0) is 23.8. The van der Waals surface area contributed by atoms with Crippen molar-refractivity contribution in [3.05, 3.63) is 87.4 Å². The normalized spacial score (nSPS) is 10.7. The Bertz CT molecular complexity index is 1180. The van der Waals surface area contributed by atoms with E-state index in [2.05, 4.69) is 15.8 Å². The van der Waals surface area contributed by atoms with Crippen LogP contribution in [0.25, 0.3) is 0 Å². The van der Waals surface area contributed by atoms with E-state index in [9.17, 15) is 9.59 Å². The Morgan fingerprint density at radius 3 is 2.45 bits per heavy atom. The standard InChI is InChI=1S/C24H21Cl2N3O4/c1-15-8-9-18(12-19(15)25)28-23(30)24(31)29-27-13-17-10-20(26)22(21(11-17)32-2)33-14-16-6-4-3-5-7-16/h3-13H,14H2,1-2H3,(H,28,30)(H,29,31)/b27-13-. The van der Waals surface area contributed by atoms with Gasteiger partial charge in [-0.2, -0.15) is 5.10 Å². The minimum absolute atomic E-state index is 0.312. The number of hydrazone groups is 1. The maximum atomic E-state index is 12.0. The third-order valence-electron chi connectivity index (χ3n) is 4.49. The van der Waals surface area contributed by atoms with E-state index in [1.165, 1.54) is 13.3 Å². The highest BCUT2D eigenvalue weighted by molar-refractivity contribution is 6.40. The molecule has 0 aliphatic carbocycles. The average Bonchev–Trinajstić information content (AvgIpc) is 2.81. The Morgan fingerprint density at radius 1 is 1.00 bits per heavy atom. The van der Waals surface area contributed by atoms with Crippen LogP contribution in [0.2, 0.25) is 10.0 Å². The molecule has 0 aromatic heterocycles. The lowest BCUT2D eigenvalue weighted by molar-refractivity contribution is -0.136. The van der Waals surface area contributed by atoms with Crippen molar-refractivity contribution in [2.45, 2.75) is 13.5 Å². The van der Waals surface area contributed by atoms with Crippen LogP contribution in [0.3, 0.4) is 0 Å². The maximum absolute atomic E-state index is 12.0. The first-order valence-corrected chi connectivity index (χ1v) is 10.6. The van der Waals surface area contributed by atoms with Gasteiger partial charge in [0.15, 0.2) is 11.5 Å². The molecule has 0 fully saturated rings. The third-order valence-corrected chi connectivity index (χ3v) is 5.18. The van der Waals surface area contributed by atoms with Crippen LogP contribution >= 0.6 is 23.2 Å². The molecule has 0 radical (unpaired) electrons. The molecular formula is C24H21Cl2N3O4. The number of hydrogen-bond donors (Lipinski definition) is 2. The Morgan fingerprint density at radius 2 is 1.76 bits per heavy atom. The second kappa shape index (κ2) is 11.4.